The quantitative estimate of drug-likeness (QED) is 0.494. The minimum absolute atomic E-state index is 0.125. The van der Waals surface area contributed by atoms with Crippen molar-refractivity contribution in [2.24, 2.45) is 0 Å². The maximum Gasteiger partial charge on any atom is 0.231 e. The maximum atomic E-state index is 13.9. The number of imidazole rings is 1. The molecule has 2 aromatic heterocycles. The lowest BCUT2D eigenvalue weighted by Crippen LogP contribution is -2.17. The second-order valence-corrected chi connectivity index (χ2v) is 6.40. The van der Waals surface area contributed by atoms with E-state index in [1.807, 2.05) is 49.0 Å². The van der Waals surface area contributed by atoms with Crippen LogP contribution in [0.4, 0.5) is 22.2 Å². The van der Waals surface area contributed by atoms with Gasteiger partial charge in [-0.05, 0) is 24.3 Å². The highest BCUT2D eigenvalue weighted by Crippen LogP contribution is 2.23. The Morgan fingerprint density at radius 3 is 2.47 bits per heavy atom. The molecule has 8 nitrogen and oxygen atoms in total. The van der Waals surface area contributed by atoms with E-state index in [4.69, 9.17) is 5.73 Å². The van der Waals surface area contributed by atoms with Crippen molar-refractivity contribution in [3.05, 3.63) is 60.2 Å². The summed E-state index contributed by atoms with van der Waals surface area (Å²) in [6.45, 7) is 0.321. The van der Waals surface area contributed by atoms with Gasteiger partial charge < -0.3 is 16.0 Å². The summed E-state index contributed by atoms with van der Waals surface area (Å²) in [6.07, 6.45) is 8.00. The molecule has 2 heterocycles. The van der Waals surface area contributed by atoms with E-state index in [2.05, 4.69) is 38.1 Å². The number of nitrogens with two attached hydrogens (primary N) is 1. The van der Waals surface area contributed by atoms with Gasteiger partial charge in [0.2, 0.25) is 17.8 Å². The lowest BCUT2D eigenvalue weighted by Gasteiger charge is -2.13. The molecule has 0 unspecified atom stereocenters. The summed E-state index contributed by atoms with van der Waals surface area (Å²) in [5, 5.41) is 3.14. The third kappa shape index (κ3) is 4.28. The summed E-state index contributed by atoms with van der Waals surface area (Å²) in [4.78, 5) is 18.9. The SMILES string of the molecule is C#C.CN(C)c1nc(N)nc(NCc2nc3ccc(F)cc3n2-c2ccccc2)n1. The molecule has 0 atom stereocenters. The lowest BCUT2D eigenvalue weighted by molar-refractivity contribution is 0.629. The average Bonchev–Trinajstić information content (AvgIpc) is 3.11. The van der Waals surface area contributed by atoms with Crippen LogP contribution in [0.3, 0.4) is 0 Å². The highest BCUT2D eigenvalue weighted by atomic mass is 19.1. The topological polar surface area (TPSA) is 97.8 Å². The van der Waals surface area contributed by atoms with Crippen LogP contribution in [0.1, 0.15) is 5.82 Å². The van der Waals surface area contributed by atoms with E-state index in [0.29, 0.717) is 35.3 Å². The Hall–Kier alpha value is -4.19. The van der Waals surface area contributed by atoms with E-state index in [9.17, 15) is 4.39 Å². The molecule has 0 saturated heterocycles. The molecule has 0 aliphatic rings. The number of halogens is 1. The maximum absolute atomic E-state index is 13.9. The van der Waals surface area contributed by atoms with Gasteiger partial charge in [0.05, 0.1) is 17.6 Å². The fourth-order valence-electron chi connectivity index (χ4n) is 2.90. The third-order valence-electron chi connectivity index (χ3n) is 4.15. The van der Waals surface area contributed by atoms with Crippen molar-refractivity contribution in [3.8, 4) is 18.5 Å². The fourth-order valence-corrected chi connectivity index (χ4v) is 2.90. The number of rotatable bonds is 5. The summed E-state index contributed by atoms with van der Waals surface area (Å²) < 4.78 is 15.8. The van der Waals surface area contributed by atoms with Crippen molar-refractivity contribution in [3.63, 3.8) is 0 Å². The molecule has 0 bridgehead atoms. The molecule has 4 aromatic rings. The van der Waals surface area contributed by atoms with E-state index in [0.717, 1.165) is 5.69 Å². The second kappa shape index (κ2) is 8.87. The van der Waals surface area contributed by atoms with Gasteiger partial charge >= 0.3 is 0 Å². The number of aromatic nitrogens is 5. The summed E-state index contributed by atoms with van der Waals surface area (Å²) >= 11 is 0. The molecule has 0 aliphatic heterocycles. The number of terminal acetylenes is 1. The second-order valence-electron chi connectivity index (χ2n) is 6.40. The molecular weight excluding hydrogens is 383 g/mol. The molecule has 0 amide bonds. The van der Waals surface area contributed by atoms with Crippen LogP contribution in [0.2, 0.25) is 0 Å². The largest absolute Gasteiger partial charge is 0.368 e. The number of anilines is 3. The summed E-state index contributed by atoms with van der Waals surface area (Å²) in [6, 6.07) is 14.2. The molecule has 0 fully saturated rings. The number of hydrogen-bond donors (Lipinski definition) is 2. The van der Waals surface area contributed by atoms with Crippen LogP contribution in [0.15, 0.2) is 48.5 Å². The predicted molar refractivity (Wildman–Crippen MR) is 117 cm³/mol. The molecule has 0 spiro atoms. The lowest BCUT2D eigenvalue weighted by atomic mass is 10.2. The smallest absolute Gasteiger partial charge is 0.231 e. The van der Waals surface area contributed by atoms with E-state index in [-0.39, 0.29) is 11.8 Å². The normalized spacial score (nSPS) is 10.3. The predicted octanol–water partition coefficient (Wildman–Crippen LogP) is 2.86. The fraction of sp³-hybridized carbons (Fsp3) is 0.143. The molecule has 3 N–H and O–H groups in total. The number of fused-ring (bicyclic) bond motifs is 1. The highest BCUT2D eigenvalue weighted by molar-refractivity contribution is 5.78. The number of nitrogen functional groups attached to an aromatic ring is 1. The van der Waals surface area contributed by atoms with E-state index in [1.165, 1.54) is 12.1 Å². The Bertz CT molecular complexity index is 1170. The van der Waals surface area contributed by atoms with Gasteiger partial charge in [0.25, 0.3) is 0 Å². The number of hydrogen-bond acceptors (Lipinski definition) is 7. The Morgan fingerprint density at radius 2 is 1.77 bits per heavy atom. The van der Waals surface area contributed by atoms with Crippen molar-refractivity contribution >= 4 is 28.9 Å². The number of nitrogens with zero attached hydrogens (tertiary/aromatic N) is 6. The zero-order chi connectivity index (χ0) is 21.7. The van der Waals surface area contributed by atoms with Crippen LogP contribution in [0.25, 0.3) is 16.7 Å². The van der Waals surface area contributed by atoms with Gasteiger partial charge in [0.15, 0.2) is 0 Å². The molecule has 4 rings (SSSR count). The Balaban J connectivity index is 0.00000124. The first-order valence-electron chi connectivity index (χ1n) is 8.99. The molecular formula is C21H21FN8. The summed E-state index contributed by atoms with van der Waals surface area (Å²) in [5.74, 6) is 1.30. The van der Waals surface area contributed by atoms with Crippen molar-refractivity contribution in [1.82, 2.24) is 24.5 Å². The van der Waals surface area contributed by atoms with Crippen LogP contribution < -0.4 is 16.0 Å². The summed E-state index contributed by atoms with van der Waals surface area (Å²) in [7, 11) is 3.64. The van der Waals surface area contributed by atoms with Gasteiger partial charge in [-0.15, -0.1) is 12.8 Å². The van der Waals surface area contributed by atoms with Gasteiger partial charge in [-0.3, -0.25) is 4.57 Å². The van der Waals surface area contributed by atoms with Crippen molar-refractivity contribution in [2.75, 3.05) is 30.0 Å². The molecule has 152 valence electrons. The molecule has 0 aliphatic carbocycles. The highest BCUT2D eigenvalue weighted by Gasteiger charge is 2.14. The van der Waals surface area contributed by atoms with Crippen LogP contribution in [0, 0.1) is 18.7 Å². The zero-order valence-corrected chi connectivity index (χ0v) is 16.6. The first kappa shape index (κ1) is 20.5. The van der Waals surface area contributed by atoms with Crippen LogP contribution in [-0.4, -0.2) is 38.6 Å². The van der Waals surface area contributed by atoms with Gasteiger partial charge in [-0.25, -0.2) is 9.37 Å². The van der Waals surface area contributed by atoms with Crippen LogP contribution in [-0.2, 0) is 6.54 Å². The molecule has 30 heavy (non-hydrogen) atoms. The zero-order valence-electron chi connectivity index (χ0n) is 16.6. The van der Waals surface area contributed by atoms with Crippen molar-refractivity contribution in [1.29, 1.82) is 0 Å². The first-order valence-corrected chi connectivity index (χ1v) is 8.99. The van der Waals surface area contributed by atoms with E-state index >= 15 is 0 Å². The molecule has 0 saturated carbocycles. The third-order valence-corrected chi connectivity index (χ3v) is 4.15. The van der Waals surface area contributed by atoms with Gasteiger partial charge in [-0.1, -0.05) is 18.2 Å². The Kier molecular flexibility index (Phi) is 6.08. The summed E-state index contributed by atoms with van der Waals surface area (Å²) in [5.41, 5.74) is 8.05. The number of para-hydroxylation sites is 1. The standard InChI is InChI=1S/C19H19FN8.C2H2/c1-27(2)19-25-17(21)24-18(26-19)22-11-16-23-14-9-8-12(20)10-15(14)28(16)13-6-4-3-5-7-13;1-2/h3-10H,11H2,1-2H3,(H3,21,22,24,25,26);1-2H. The van der Waals surface area contributed by atoms with E-state index in [1.54, 1.807) is 11.0 Å². The van der Waals surface area contributed by atoms with E-state index < -0.39 is 0 Å². The molecule has 0 radical (unpaired) electrons. The minimum Gasteiger partial charge on any atom is -0.368 e. The van der Waals surface area contributed by atoms with Crippen molar-refractivity contribution < 1.29 is 4.39 Å². The molecule has 9 heteroatoms. The van der Waals surface area contributed by atoms with Gasteiger partial charge in [0, 0.05) is 25.8 Å². The van der Waals surface area contributed by atoms with Gasteiger partial charge in [0.1, 0.15) is 11.6 Å². The average molecular weight is 404 g/mol. The van der Waals surface area contributed by atoms with Gasteiger partial charge in [-0.2, -0.15) is 15.0 Å². The minimum atomic E-state index is -0.315. The molecule has 2 aromatic carbocycles. The number of benzene rings is 2. The Labute approximate surface area is 173 Å². The first-order chi connectivity index (χ1) is 14.5. The van der Waals surface area contributed by atoms with Crippen molar-refractivity contribution in [2.45, 2.75) is 6.54 Å². The number of nitrogens with one attached hydrogen (secondary N) is 1. The monoisotopic (exact) mass is 404 g/mol. The van der Waals surface area contributed by atoms with Crippen LogP contribution in [0.5, 0.6) is 0 Å². The Morgan fingerprint density at radius 1 is 1.03 bits per heavy atom. The van der Waals surface area contributed by atoms with Crippen LogP contribution >= 0.6 is 0 Å².